The highest BCUT2D eigenvalue weighted by molar-refractivity contribution is 5.79. The molecule has 2 unspecified atom stereocenters. The summed E-state index contributed by atoms with van der Waals surface area (Å²) in [4.78, 5) is 20.0. The molecule has 0 radical (unpaired) electrons. The minimum atomic E-state index is -0.0528. The van der Waals surface area contributed by atoms with Crippen LogP contribution in [0.2, 0.25) is 0 Å². The van der Waals surface area contributed by atoms with Gasteiger partial charge in [0.05, 0.1) is 25.6 Å². The fraction of sp³-hybridized carbons (Fsp3) is 0.444. The predicted molar refractivity (Wildman–Crippen MR) is 131 cm³/mol. The Bertz CT molecular complexity index is 1090. The van der Waals surface area contributed by atoms with E-state index in [0.717, 1.165) is 30.7 Å². The highest BCUT2D eigenvalue weighted by Crippen LogP contribution is 2.27. The minimum absolute atomic E-state index is 0.00655. The summed E-state index contributed by atoms with van der Waals surface area (Å²) in [5.74, 6) is 2.28. The Kier molecular flexibility index (Phi) is 7.63. The molecular weight excluding hydrogens is 428 g/mol. The van der Waals surface area contributed by atoms with E-state index in [0.29, 0.717) is 30.7 Å². The zero-order valence-corrected chi connectivity index (χ0v) is 20.5. The van der Waals surface area contributed by atoms with Gasteiger partial charge in [-0.3, -0.25) is 9.69 Å². The first-order chi connectivity index (χ1) is 16.4. The first kappa shape index (κ1) is 24.0. The lowest BCUT2D eigenvalue weighted by atomic mass is 9.91. The summed E-state index contributed by atoms with van der Waals surface area (Å²) in [6, 6.07) is 15.9. The lowest BCUT2D eigenvalue weighted by Crippen LogP contribution is -2.44. The number of nitrogens with one attached hydrogen (secondary N) is 1. The van der Waals surface area contributed by atoms with Gasteiger partial charge in [-0.05, 0) is 67.6 Å². The molecule has 2 aromatic carbocycles. The van der Waals surface area contributed by atoms with E-state index in [1.54, 1.807) is 7.11 Å². The Balaban J connectivity index is 1.38. The number of methoxy groups -OCH3 is 1. The summed E-state index contributed by atoms with van der Waals surface area (Å²) in [6.45, 7) is 8.54. The molecule has 0 saturated carbocycles. The molecule has 3 aromatic rings. The largest absolute Gasteiger partial charge is 0.497 e. The van der Waals surface area contributed by atoms with Crippen molar-refractivity contribution in [2.75, 3.05) is 20.2 Å². The number of likely N-dealkylation sites (tertiary alicyclic amines) is 1. The van der Waals surface area contributed by atoms with Gasteiger partial charge in [0, 0.05) is 12.1 Å². The lowest BCUT2D eigenvalue weighted by Gasteiger charge is -2.33. The second kappa shape index (κ2) is 10.8. The Morgan fingerprint density at radius 2 is 1.97 bits per heavy atom. The van der Waals surface area contributed by atoms with Crippen molar-refractivity contribution >= 4 is 5.91 Å². The van der Waals surface area contributed by atoms with Gasteiger partial charge in [-0.25, -0.2) is 0 Å². The molecule has 7 heteroatoms. The maximum absolute atomic E-state index is 13.2. The molecule has 34 heavy (non-hydrogen) atoms. The number of aryl methyl sites for hydroxylation is 1. The maximum atomic E-state index is 13.2. The summed E-state index contributed by atoms with van der Waals surface area (Å²) in [5, 5.41) is 7.46. The highest BCUT2D eigenvalue weighted by Gasteiger charge is 2.29. The van der Waals surface area contributed by atoms with Gasteiger partial charge in [0.15, 0.2) is 0 Å². The van der Waals surface area contributed by atoms with Gasteiger partial charge in [-0.1, -0.05) is 43.3 Å². The standard InChI is InChI=1S/C27H34N4O3/c1-18(2)25(23-10-6-5-8-19(23)3)29-27(32)21-9-7-15-31(16-21)17-24-28-26(30-34-24)20-11-13-22(33-4)14-12-20/h5-6,8,10-14,18,21,25H,7,9,15-17H2,1-4H3,(H,29,32). The van der Waals surface area contributed by atoms with Crippen LogP contribution in [-0.4, -0.2) is 41.1 Å². The average Bonchev–Trinajstić information content (AvgIpc) is 3.31. The molecule has 1 aliphatic heterocycles. The summed E-state index contributed by atoms with van der Waals surface area (Å²) >= 11 is 0. The van der Waals surface area contributed by atoms with Crippen LogP contribution in [0.3, 0.4) is 0 Å². The van der Waals surface area contributed by atoms with Crippen molar-refractivity contribution in [3.05, 3.63) is 65.5 Å². The van der Waals surface area contributed by atoms with Crippen LogP contribution in [0.15, 0.2) is 53.1 Å². The van der Waals surface area contributed by atoms with E-state index in [-0.39, 0.29) is 17.9 Å². The normalized spacial score (nSPS) is 17.5. The minimum Gasteiger partial charge on any atom is -0.497 e. The van der Waals surface area contributed by atoms with Gasteiger partial charge in [0.1, 0.15) is 5.75 Å². The molecule has 0 aliphatic carbocycles. The molecular formula is C27H34N4O3. The Morgan fingerprint density at radius 1 is 1.21 bits per heavy atom. The number of hydrogen-bond donors (Lipinski definition) is 1. The van der Waals surface area contributed by atoms with Crippen molar-refractivity contribution in [1.82, 2.24) is 20.4 Å². The van der Waals surface area contributed by atoms with Gasteiger partial charge in [-0.2, -0.15) is 4.98 Å². The number of aromatic nitrogens is 2. The van der Waals surface area contributed by atoms with E-state index in [4.69, 9.17) is 9.26 Å². The first-order valence-corrected chi connectivity index (χ1v) is 12.0. The van der Waals surface area contributed by atoms with Crippen LogP contribution in [0, 0.1) is 18.8 Å². The molecule has 1 N–H and O–H groups in total. The molecule has 7 nitrogen and oxygen atoms in total. The zero-order chi connectivity index (χ0) is 24.1. The van der Waals surface area contributed by atoms with Crippen LogP contribution in [0.4, 0.5) is 0 Å². The predicted octanol–water partition coefficient (Wildman–Crippen LogP) is 4.78. The van der Waals surface area contributed by atoms with Crippen molar-refractivity contribution < 1.29 is 14.1 Å². The molecule has 0 bridgehead atoms. The van der Waals surface area contributed by atoms with Crippen LogP contribution in [-0.2, 0) is 11.3 Å². The monoisotopic (exact) mass is 462 g/mol. The molecule has 1 aromatic heterocycles. The van der Waals surface area contributed by atoms with E-state index >= 15 is 0 Å². The first-order valence-electron chi connectivity index (χ1n) is 12.0. The fourth-order valence-corrected chi connectivity index (χ4v) is 4.59. The van der Waals surface area contributed by atoms with Crippen LogP contribution >= 0.6 is 0 Å². The average molecular weight is 463 g/mol. The number of carbonyl (C=O) groups is 1. The maximum Gasteiger partial charge on any atom is 0.241 e. The SMILES string of the molecule is COc1ccc(-c2noc(CN3CCCC(C(=O)NC(c4ccccc4C)C(C)C)C3)n2)cc1. The second-order valence-electron chi connectivity index (χ2n) is 9.40. The number of rotatable bonds is 8. The van der Waals surface area contributed by atoms with Crippen LogP contribution in [0.25, 0.3) is 11.4 Å². The van der Waals surface area contributed by atoms with Crippen LogP contribution in [0.5, 0.6) is 5.75 Å². The van der Waals surface area contributed by atoms with Crippen molar-refractivity contribution in [2.45, 2.75) is 46.2 Å². The van der Waals surface area contributed by atoms with Gasteiger partial charge >= 0.3 is 0 Å². The van der Waals surface area contributed by atoms with E-state index < -0.39 is 0 Å². The second-order valence-corrected chi connectivity index (χ2v) is 9.40. The summed E-state index contributed by atoms with van der Waals surface area (Å²) < 4.78 is 10.7. The van der Waals surface area contributed by atoms with E-state index in [1.807, 2.05) is 36.4 Å². The third-order valence-corrected chi connectivity index (χ3v) is 6.54. The molecule has 1 amide bonds. The van der Waals surface area contributed by atoms with E-state index in [9.17, 15) is 4.79 Å². The Hall–Kier alpha value is -3.19. The number of piperidine rings is 1. The molecule has 4 rings (SSSR count). The number of nitrogens with zero attached hydrogens (tertiary/aromatic N) is 3. The van der Waals surface area contributed by atoms with Crippen molar-refractivity contribution in [1.29, 1.82) is 0 Å². The number of carbonyl (C=O) groups excluding carboxylic acids is 1. The number of hydrogen-bond acceptors (Lipinski definition) is 6. The summed E-state index contributed by atoms with van der Waals surface area (Å²) in [7, 11) is 1.64. The Labute approximate surface area is 201 Å². The van der Waals surface area contributed by atoms with Gasteiger partial charge < -0.3 is 14.6 Å². The molecule has 0 spiro atoms. The van der Waals surface area contributed by atoms with E-state index in [2.05, 4.69) is 53.3 Å². The quantitative estimate of drug-likeness (QED) is 0.519. The third-order valence-electron chi connectivity index (χ3n) is 6.54. The van der Waals surface area contributed by atoms with Crippen molar-refractivity contribution in [3.63, 3.8) is 0 Å². The van der Waals surface area contributed by atoms with Gasteiger partial charge in [0.25, 0.3) is 0 Å². The number of amides is 1. The fourth-order valence-electron chi connectivity index (χ4n) is 4.59. The van der Waals surface area contributed by atoms with Crippen LogP contribution < -0.4 is 10.1 Å². The van der Waals surface area contributed by atoms with E-state index in [1.165, 1.54) is 11.1 Å². The smallest absolute Gasteiger partial charge is 0.241 e. The molecule has 180 valence electrons. The van der Waals surface area contributed by atoms with Crippen molar-refractivity contribution in [3.8, 4) is 17.1 Å². The Morgan fingerprint density at radius 3 is 2.68 bits per heavy atom. The van der Waals surface area contributed by atoms with Crippen molar-refractivity contribution in [2.24, 2.45) is 11.8 Å². The molecule has 1 saturated heterocycles. The number of benzene rings is 2. The van der Waals surface area contributed by atoms with Crippen LogP contribution in [0.1, 0.15) is 49.7 Å². The molecule has 2 heterocycles. The van der Waals surface area contributed by atoms with Gasteiger partial charge in [-0.15, -0.1) is 0 Å². The summed E-state index contributed by atoms with van der Waals surface area (Å²) in [6.07, 6.45) is 1.86. The number of ether oxygens (including phenoxy) is 1. The third kappa shape index (κ3) is 5.65. The molecule has 1 aliphatic rings. The zero-order valence-electron chi connectivity index (χ0n) is 20.5. The highest BCUT2D eigenvalue weighted by atomic mass is 16.5. The topological polar surface area (TPSA) is 80.5 Å². The molecule has 1 fully saturated rings. The van der Waals surface area contributed by atoms with Gasteiger partial charge in [0.2, 0.25) is 17.6 Å². The summed E-state index contributed by atoms with van der Waals surface area (Å²) in [5.41, 5.74) is 3.27. The lowest BCUT2D eigenvalue weighted by molar-refractivity contribution is -0.128. The molecule has 2 atom stereocenters.